The third-order valence-electron chi connectivity index (χ3n) is 4.23. The van der Waals surface area contributed by atoms with E-state index >= 15 is 0 Å². The summed E-state index contributed by atoms with van der Waals surface area (Å²) in [7, 11) is 0. The number of amides is 2. The second-order valence-corrected chi connectivity index (χ2v) is 8.21. The van der Waals surface area contributed by atoms with Gasteiger partial charge in [-0.05, 0) is 38.8 Å². The van der Waals surface area contributed by atoms with Gasteiger partial charge in [-0.15, -0.1) is 0 Å². The quantitative estimate of drug-likeness (QED) is 0.631. The number of alkyl carbamates (subject to hydrolysis) is 1. The lowest BCUT2D eigenvalue weighted by Gasteiger charge is -2.24. The van der Waals surface area contributed by atoms with Crippen molar-refractivity contribution in [3.63, 3.8) is 0 Å². The number of benzene rings is 2. The van der Waals surface area contributed by atoms with Crippen molar-refractivity contribution in [1.29, 1.82) is 0 Å². The molecule has 166 valence electrons. The molecule has 0 fully saturated rings. The van der Waals surface area contributed by atoms with Crippen molar-refractivity contribution < 1.29 is 23.9 Å². The van der Waals surface area contributed by atoms with E-state index in [0.29, 0.717) is 0 Å². The molecule has 0 radical (unpaired) electrons. The van der Waals surface area contributed by atoms with Crippen LogP contribution in [0.2, 0.25) is 0 Å². The van der Waals surface area contributed by atoms with Gasteiger partial charge in [-0.25, -0.2) is 9.59 Å². The van der Waals surface area contributed by atoms with Crippen molar-refractivity contribution in [3.05, 3.63) is 71.8 Å². The van der Waals surface area contributed by atoms with Crippen molar-refractivity contribution in [1.82, 2.24) is 10.6 Å². The van der Waals surface area contributed by atoms with Gasteiger partial charge in [0.25, 0.3) is 0 Å². The lowest BCUT2D eigenvalue weighted by Crippen LogP contribution is -2.52. The highest BCUT2D eigenvalue weighted by molar-refractivity contribution is 5.89. The van der Waals surface area contributed by atoms with E-state index in [1.54, 1.807) is 20.8 Å². The van der Waals surface area contributed by atoms with E-state index in [0.717, 1.165) is 11.1 Å². The standard InChI is InChI=1S/C24H30N2O5/c1-17(22(28)30-16-19-13-9-6-10-14-19)25-21(27)20(15-18-11-7-5-8-12-18)26-23(29)31-24(2,3)4/h5-14,17,20H,15-16H2,1-4H3,(H,25,27)(H,26,29)/t17-,20-/m0/s1. The molecular formula is C24H30N2O5. The summed E-state index contributed by atoms with van der Waals surface area (Å²) in [6.07, 6.45) is -0.458. The first-order valence-corrected chi connectivity index (χ1v) is 10.2. The fourth-order valence-electron chi connectivity index (χ4n) is 2.74. The van der Waals surface area contributed by atoms with Gasteiger partial charge in [-0.1, -0.05) is 60.7 Å². The Hall–Kier alpha value is -3.35. The highest BCUT2D eigenvalue weighted by Crippen LogP contribution is 2.09. The molecule has 7 nitrogen and oxygen atoms in total. The topological polar surface area (TPSA) is 93.7 Å². The van der Waals surface area contributed by atoms with Gasteiger partial charge >= 0.3 is 12.1 Å². The minimum absolute atomic E-state index is 0.115. The van der Waals surface area contributed by atoms with Crippen LogP contribution in [0.1, 0.15) is 38.8 Å². The molecule has 2 aromatic carbocycles. The lowest BCUT2D eigenvalue weighted by atomic mass is 10.1. The fraction of sp³-hybridized carbons (Fsp3) is 0.375. The average Bonchev–Trinajstić information content (AvgIpc) is 2.71. The zero-order chi connectivity index (χ0) is 22.9. The Morgan fingerprint density at radius 1 is 0.871 bits per heavy atom. The molecule has 2 atom stereocenters. The summed E-state index contributed by atoms with van der Waals surface area (Å²) in [6.45, 7) is 6.87. The van der Waals surface area contributed by atoms with Crippen LogP contribution in [0.4, 0.5) is 4.79 Å². The Balaban J connectivity index is 1.99. The van der Waals surface area contributed by atoms with Crippen LogP contribution < -0.4 is 10.6 Å². The van der Waals surface area contributed by atoms with E-state index in [1.165, 1.54) is 6.92 Å². The van der Waals surface area contributed by atoms with Gasteiger partial charge in [0.1, 0.15) is 24.3 Å². The molecule has 0 spiro atoms. The molecule has 2 amide bonds. The zero-order valence-electron chi connectivity index (χ0n) is 18.4. The third kappa shape index (κ3) is 8.90. The fourth-order valence-corrected chi connectivity index (χ4v) is 2.74. The Kier molecular flexibility index (Phi) is 8.61. The number of carbonyl (C=O) groups excluding carboxylic acids is 3. The first kappa shape index (κ1) is 23.9. The number of nitrogens with one attached hydrogen (secondary N) is 2. The molecule has 0 bridgehead atoms. The molecule has 0 heterocycles. The second-order valence-electron chi connectivity index (χ2n) is 8.21. The molecule has 2 aromatic rings. The molecule has 0 unspecified atom stereocenters. The Morgan fingerprint density at radius 3 is 1.97 bits per heavy atom. The van der Waals surface area contributed by atoms with Crippen LogP contribution >= 0.6 is 0 Å². The maximum absolute atomic E-state index is 12.8. The molecule has 0 saturated carbocycles. The van der Waals surface area contributed by atoms with E-state index in [2.05, 4.69) is 10.6 Å². The summed E-state index contributed by atoms with van der Waals surface area (Å²) in [5.41, 5.74) is 1.01. The van der Waals surface area contributed by atoms with Crippen LogP contribution in [0, 0.1) is 0 Å². The van der Waals surface area contributed by atoms with Crippen LogP contribution in [0.5, 0.6) is 0 Å². The SMILES string of the molecule is C[C@H](NC(=O)[C@H](Cc1ccccc1)NC(=O)OC(C)(C)C)C(=O)OCc1ccccc1. The Labute approximate surface area is 183 Å². The number of hydrogen-bond donors (Lipinski definition) is 2. The van der Waals surface area contributed by atoms with Crippen molar-refractivity contribution in [2.75, 3.05) is 0 Å². The largest absolute Gasteiger partial charge is 0.459 e. The van der Waals surface area contributed by atoms with Crippen molar-refractivity contribution in [2.45, 2.75) is 58.4 Å². The third-order valence-corrected chi connectivity index (χ3v) is 4.23. The monoisotopic (exact) mass is 426 g/mol. The highest BCUT2D eigenvalue weighted by Gasteiger charge is 2.27. The molecule has 2 N–H and O–H groups in total. The van der Waals surface area contributed by atoms with Crippen LogP contribution in [-0.4, -0.2) is 35.7 Å². The summed E-state index contributed by atoms with van der Waals surface area (Å²) >= 11 is 0. The molecule has 0 aliphatic rings. The van der Waals surface area contributed by atoms with E-state index in [1.807, 2.05) is 60.7 Å². The number of carbonyl (C=O) groups is 3. The van der Waals surface area contributed by atoms with E-state index in [9.17, 15) is 14.4 Å². The zero-order valence-corrected chi connectivity index (χ0v) is 18.4. The summed E-state index contributed by atoms with van der Waals surface area (Å²) in [4.78, 5) is 37.4. The minimum Gasteiger partial charge on any atom is -0.459 e. The van der Waals surface area contributed by atoms with Gasteiger partial charge in [-0.3, -0.25) is 4.79 Å². The molecule has 0 aliphatic heterocycles. The van der Waals surface area contributed by atoms with Crippen molar-refractivity contribution in [2.24, 2.45) is 0 Å². The first-order chi connectivity index (χ1) is 14.6. The molecule has 2 rings (SSSR count). The maximum Gasteiger partial charge on any atom is 0.408 e. The van der Waals surface area contributed by atoms with Gasteiger partial charge in [0.05, 0.1) is 0 Å². The van der Waals surface area contributed by atoms with Gasteiger partial charge in [0.15, 0.2) is 0 Å². The number of esters is 1. The molecule has 31 heavy (non-hydrogen) atoms. The molecule has 0 aromatic heterocycles. The van der Waals surface area contributed by atoms with Crippen LogP contribution in [-0.2, 0) is 32.1 Å². The predicted octanol–water partition coefficient (Wildman–Crippen LogP) is 3.37. The first-order valence-electron chi connectivity index (χ1n) is 10.2. The summed E-state index contributed by atoms with van der Waals surface area (Å²) in [5, 5.41) is 5.22. The smallest absolute Gasteiger partial charge is 0.408 e. The molecule has 0 aliphatic carbocycles. The predicted molar refractivity (Wildman–Crippen MR) is 117 cm³/mol. The van der Waals surface area contributed by atoms with E-state index < -0.39 is 35.7 Å². The highest BCUT2D eigenvalue weighted by atomic mass is 16.6. The Bertz CT molecular complexity index is 863. The lowest BCUT2D eigenvalue weighted by molar-refractivity contribution is -0.148. The second kappa shape index (κ2) is 11.2. The van der Waals surface area contributed by atoms with Crippen molar-refractivity contribution in [3.8, 4) is 0 Å². The number of hydrogen-bond acceptors (Lipinski definition) is 5. The van der Waals surface area contributed by atoms with Crippen LogP contribution in [0.15, 0.2) is 60.7 Å². The van der Waals surface area contributed by atoms with Crippen LogP contribution in [0.25, 0.3) is 0 Å². The van der Waals surface area contributed by atoms with E-state index in [4.69, 9.17) is 9.47 Å². The minimum atomic E-state index is -0.915. The average molecular weight is 427 g/mol. The molecular weight excluding hydrogens is 396 g/mol. The van der Waals surface area contributed by atoms with Crippen LogP contribution in [0.3, 0.4) is 0 Å². The van der Waals surface area contributed by atoms with Gasteiger partial charge < -0.3 is 20.1 Å². The van der Waals surface area contributed by atoms with E-state index in [-0.39, 0.29) is 13.0 Å². The summed E-state index contributed by atoms with van der Waals surface area (Å²) in [5.74, 6) is -1.06. The van der Waals surface area contributed by atoms with Gasteiger partial charge in [0.2, 0.25) is 5.91 Å². The Morgan fingerprint density at radius 2 is 1.42 bits per heavy atom. The van der Waals surface area contributed by atoms with Crippen molar-refractivity contribution >= 4 is 18.0 Å². The maximum atomic E-state index is 12.8. The normalized spacial score (nSPS) is 12.9. The molecule has 7 heteroatoms. The van der Waals surface area contributed by atoms with Gasteiger partial charge in [-0.2, -0.15) is 0 Å². The number of ether oxygens (including phenoxy) is 2. The summed E-state index contributed by atoms with van der Waals surface area (Å²) in [6, 6.07) is 16.7. The molecule has 0 saturated heterocycles. The summed E-state index contributed by atoms with van der Waals surface area (Å²) < 4.78 is 10.5. The number of rotatable bonds is 8. The van der Waals surface area contributed by atoms with Gasteiger partial charge in [0, 0.05) is 6.42 Å².